The van der Waals surface area contributed by atoms with Gasteiger partial charge in [0.2, 0.25) is 0 Å². The predicted molar refractivity (Wildman–Crippen MR) is 227 cm³/mol. The number of nitrogens with two attached hydrogens (primary N) is 1. The summed E-state index contributed by atoms with van der Waals surface area (Å²) in [5, 5.41) is 62.0. The normalized spacial score (nSPS) is 11.9. The zero-order chi connectivity index (χ0) is 46.7. The number of benzene rings is 6. The number of fused-ring (bicyclic) bond motifs is 1. The molecular formula is C38H31N10Na3O13S3. The van der Waals surface area contributed by atoms with Gasteiger partial charge in [0.25, 0.3) is 25.9 Å². The van der Waals surface area contributed by atoms with Crippen molar-refractivity contribution >= 4 is 104 Å². The van der Waals surface area contributed by atoms with Crippen LogP contribution in [0.1, 0.15) is 13.8 Å². The number of nitrogen functional groups attached to an aromatic ring is 1. The molecule has 0 aliphatic heterocycles. The molecular weight excluding hydrogens is 970 g/mol. The summed E-state index contributed by atoms with van der Waals surface area (Å²) in [6.07, 6.45) is 0. The molecule has 0 atom stereocenters. The van der Waals surface area contributed by atoms with Crippen molar-refractivity contribution < 1.29 is 143 Å². The zero-order valence-corrected chi connectivity index (χ0v) is 44.4. The molecule has 5 N–H and O–H groups in total. The predicted octanol–water partition coefficient (Wildman–Crippen LogP) is -1.28. The average molecular weight is 1000 g/mol. The molecule has 0 fully saturated rings. The third-order valence-corrected chi connectivity index (χ3v) is 11.8. The molecule has 6 aromatic carbocycles. The first kappa shape index (κ1) is 56.8. The van der Waals surface area contributed by atoms with Gasteiger partial charge < -0.3 is 30.7 Å². The van der Waals surface area contributed by atoms with Gasteiger partial charge in [-0.2, -0.15) is 37.3 Å². The monoisotopic (exact) mass is 1000 g/mol. The minimum atomic E-state index is -5.36. The Balaban J connectivity index is 0.00000397. The Morgan fingerprint density at radius 3 is 1.69 bits per heavy atom. The van der Waals surface area contributed by atoms with Gasteiger partial charge in [-0.1, -0.05) is 11.5 Å². The minimum absolute atomic E-state index is 0. The minimum Gasteiger partial charge on any atom is -0.871 e. The second kappa shape index (κ2) is 23.2. The maximum atomic E-state index is 13.9. The standard InChI is InChI=1S/C38H34N10O13S3.3Na/c1-3-47(4-2)27-14-16-28(30(49)20-27)44-41-23-7-5-22(6-8-23)40-29-15-11-25(19-31(29)62(53,54)55)43-46-37-33(64(59,60)61)18-21-17-32(63(56,57)58)36(35(39)34(21)38(37)50)45-42-24-9-12-26(13-10-24)48(51)52;;;/h5-20,40,49-50H,3-4,39H2,1-2H3,(H,53,54,55)(H,56,57,58)(H,59,60,61);;;/q;3*+1/p-3. The molecule has 0 aromatic heterocycles. The molecule has 0 radical (unpaired) electrons. The molecule has 0 bridgehead atoms. The third kappa shape index (κ3) is 13.6. The van der Waals surface area contributed by atoms with Crippen molar-refractivity contribution in [1.29, 1.82) is 0 Å². The number of hydrogen-bond acceptors (Lipinski definition) is 20. The fourth-order valence-electron chi connectivity index (χ4n) is 6.08. The van der Waals surface area contributed by atoms with Gasteiger partial charge in [0.15, 0.2) is 0 Å². The maximum Gasteiger partial charge on any atom is 1.00 e. The molecule has 67 heavy (non-hydrogen) atoms. The van der Waals surface area contributed by atoms with Crippen LogP contribution in [-0.4, -0.2) is 56.9 Å². The maximum absolute atomic E-state index is 13.9. The molecule has 6 aromatic rings. The Hall–Kier alpha value is -4.49. The Bertz CT molecular complexity index is 3270. The van der Waals surface area contributed by atoms with Crippen molar-refractivity contribution in [2.75, 3.05) is 29.0 Å². The fraction of sp³-hybridized carbons (Fsp3) is 0.105. The number of nitro benzene ring substituents is 1. The molecule has 0 amide bonds. The van der Waals surface area contributed by atoms with Crippen molar-refractivity contribution in [3.63, 3.8) is 0 Å². The van der Waals surface area contributed by atoms with Crippen molar-refractivity contribution in [2.24, 2.45) is 30.7 Å². The SMILES string of the molecule is CCN(CC)c1ccc(N=Nc2ccc(Nc3ccc(N=Nc4c(S(=O)(=O)O)cc5cc(S(=O)(=O)O)c(N=Nc6ccc([N+](=O)[O-])cc6)c(N)c5c4[O-])cc3S(=O)(=O)[O-])cc2)c([O-])c1.[Na+].[Na+].[Na+]. The Morgan fingerprint density at radius 1 is 0.657 bits per heavy atom. The van der Waals surface area contributed by atoms with Crippen molar-refractivity contribution in [3.05, 3.63) is 107 Å². The average Bonchev–Trinajstić information content (AvgIpc) is 3.22. The zero-order valence-electron chi connectivity index (χ0n) is 35.9. The van der Waals surface area contributed by atoms with Gasteiger partial charge in [-0.3, -0.25) is 19.2 Å². The summed E-state index contributed by atoms with van der Waals surface area (Å²) < 4.78 is 107. The van der Waals surface area contributed by atoms with Crippen LogP contribution in [0.25, 0.3) is 10.8 Å². The third-order valence-electron chi connectivity index (χ3n) is 9.17. The molecule has 0 unspecified atom stereocenters. The van der Waals surface area contributed by atoms with Crippen LogP contribution in [0.3, 0.4) is 0 Å². The quantitative estimate of drug-likeness (QED) is 0.0233. The van der Waals surface area contributed by atoms with Crippen molar-refractivity contribution in [2.45, 2.75) is 28.5 Å². The van der Waals surface area contributed by atoms with Gasteiger partial charge in [-0.05, 0) is 104 Å². The molecule has 29 heteroatoms. The summed E-state index contributed by atoms with van der Waals surface area (Å²) in [5.41, 5.74) is 3.91. The molecule has 0 heterocycles. The van der Waals surface area contributed by atoms with E-state index in [1.165, 1.54) is 30.3 Å². The van der Waals surface area contributed by atoms with Crippen LogP contribution in [0.2, 0.25) is 0 Å². The summed E-state index contributed by atoms with van der Waals surface area (Å²) in [6.45, 7) is 5.35. The van der Waals surface area contributed by atoms with Gasteiger partial charge in [0.05, 0.1) is 49.6 Å². The molecule has 0 saturated carbocycles. The van der Waals surface area contributed by atoms with E-state index in [1.54, 1.807) is 12.1 Å². The molecule has 0 aliphatic rings. The van der Waals surface area contributed by atoms with E-state index in [1.807, 2.05) is 18.7 Å². The second-order valence-corrected chi connectivity index (χ2v) is 17.4. The van der Waals surface area contributed by atoms with Crippen molar-refractivity contribution in [1.82, 2.24) is 0 Å². The first-order valence-electron chi connectivity index (χ1n) is 18.2. The van der Waals surface area contributed by atoms with Crippen LogP contribution in [-0.2, 0) is 30.4 Å². The number of rotatable bonds is 15. The van der Waals surface area contributed by atoms with E-state index in [-0.39, 0.29) is 123 Å². The van der Waals surface area contributed by atoms with Gasteiger partial charge in [-0.25, -0.2) is 8.42 Å². The van der Waals surface area contributed by atoms with E-state index in [2.05, 4.69) is 36.0 Å². The molecule has 0 saturated heterocycles. The van der Waals surface area contributed by atoms with Gasteiger partial charge >= 0.3 is 88.7 Å². The van der Waals surface area contributed by atoms with E-state index in [0.29, 0.717) is 30.9 Å². The number of nitro groups is 1. The Labute approximate surface area is 448 Å². The summed E-state index contributed by atoms with van der Waals surface area (Å²) in [7, 11) is -15.8. The number of anilines is 4. The molecule has 6 rings (SSSR count). The fourth-order valence-corrected chi connectivity index (χ4v) is 8.05. The molecule has 23 nitrogen and oxygen atoms in total. The smallest absolute Gasteiger partial charge is 0.871 e. The van der Waals surface area contributed by atoms with Crippen LogP contribution in [0, 0.1) is 10.1 Å². The first-order valence-corrected chi connectivity index (χ1v) is 22.5. The largest absolute Gasteiger partial charge is 1.00 e. The second-order valence-electron chi connectivity index (χ2n) is 13.2. The molecule has 332 valence electrons. The summed E-state index contributed by atoms with van der Waals surface area (Å²) in [5.74, 6) is -1.70. The van der Waals surface area contributed by atoms with E-state index in [4.69, 9.17) is 5.73 Å². The number of azo groups is 3. The van der Waals surface area contributed by atoms with Gasteiger partial charge in [0, 0.05) is 42.0 Å². The summed E-state index contributed by atoms with van der Waals surface area (Å²) >= 11 is 0. The summed E-state index contributed by atoms with van der Waals surface area (Å²) in [6, 6.07) is 19.3. The topological polar surface area (TPSA) is 371 Å². The number of nitrogens with zero attached hydrogens (tertiary/aromatic N) is 8. The van der Waals surface area contributed by atoms with Crippen LogP contribution >= 0.6 is 0 Å². The molecule has 0 spiro atoms. The Morgan fingerprint density at radius 2 is 1.16 bits per heavy atom. The van der Waals surface area contributed by atoms with Gasteiger partial charge in [-0.15, -0.1) is 10.2 Å². The molecule has 0 aliphatic carbocycles. The van der Waals surface area contributed by atoms with Crippen LogP contribution in [0.4, 0.5) is 62.6 Å². The van der Waals surface area contributed by atoms with E-state index < -0.39 is 89.2 Å². The first-order chi connectivity index (χ1) is 30.1. The Kier molecular flexibility index (Phi) is 19.7. The van der Waals surface area contributed by atoms with Crippen molar-refractivity contribution in [3.8, 4) is 11.5 Å². The number of nitrogens with one attached hydrogen (secondary N) is 1. The number of non-ortho nitro benzene ring substituents is 1. The van der Waals surface area contributed by atoms with E-state index >= 15 is 0 Å². The van der Waals surface area contributed by atoms with Crippen LogP contribution in [0.5, 0.6) is 11.5 Å². The van der Waals surface area contributed by atoms with Crippen LogP contribution in [0.15, 0.2) is 142 Å². The van der Waals surface area contributed by atoms with E-state index in [9.17, 15) is 59.2 Å². The summed E-state index contributed by atoms with van der Waals surface area (Å²) in [4.78, 5) is 9.19. The number of hydrogen-bond donors (Lipinski definition) is 4. The van der Waals surface area contributed by atoms with Crippen LogP contribution < -0.4 is 115 Å². The van der Waals surface area contributed by atoms with Gasteiger partial charge in [0.1, 0.15) is 25.6 Å². The van der Waals surface area contributed by atoms with E-state index in [0.717, 1.165) is 48.2 Å².